The normalized spacial score (nSPS) is 22.9. The maximum atomic E-state index is 12.8. The summed E-state index contributed by atoms with van der Waals surface area (Å²) in [7, 11) is 0. The fourth-order valence-corrected chi connectivity index (χ4v) is 5.05. The molecule has 0 saturated heterocycles. The number of amides is 2. The largest absolute Gasteiger partial charge is 0.491 e. The predicted octanol–water partition coefficient (Wildman–Crippen LogP) is 3.95. The molecule has 0 radical (unpaired) electrons. The Bertz CT molecular complexity index is 882. The van der Waals surface area contributed by atoms with Crippen LogP contribution in [0.2, 0.25) is 0 Å². The zero-order valence-electron chi connectivity index (χ0n) is 15.6. The molecule has 1 aromatic rings. The number of ether oxygens (including phenoxy) is 1. The van der Waals surface area contributed by atoms with Crippen molar-refractivity contribution in [2.45, 2.75) is 44.9 Å². The van der Waals surface area contributed by atoms with Gasteiger partial charge in [0.15, 0.2) is 0 Å². The van der Waals surface area contributed by atoms with Gasteiger partial charge in [-0.2, -0.15) is 0 Å². The van der Waals surface area contributed by atoms with E-state index in [1.165, 1.54) is 12.8 Å². The van der Waals surface area contributed by atoms with Crippen molar-refractivity contribution in [3.63, 3.8) is 0 Å². The molecule has 1 N–H and O–H groups in total. The Balaban J connectivity index is 1.53. The van der Waals surface area contributed by atoms with Gasteiger partial charge in [0.05, 0.1) is 17.0 Å². The van der Waals surface area contributed by atoms with E-state index in [2.05, 4.69) is 26.2 Å². The molecule has 6 heteroatoms. The van der Waals surface area contributed by atoms with Crippen molar-refractivity contribution < 1.29 is 14.3 Å². The fraction of sp³-hybridized carbons (Fsp3) is 0.476. The number of allylic oxidation sites excluding steroid dienone is 1. The molecular weight excluding hydrogens is 408 g/mol. The molecule has 0 bridgehead atoms. The molecule has 2 heterocycles. The second-order valence-electron chi connectivity index (χ2n) is 7.85. The zero-order chi connectivity index (χ0) is 19.2. The second kappa shape index (κ2) is 6.89. The number of nitrogens with one attached hydrogen (secondary N) is 1. The van der Waals surface area contributed by atoms with Crippen LogP contribution in [0.3, 0.4) is 0 Å². The van der Waals surface area contributed by atoms with Crippen molar-refractivity contribution >= 4 is 33.5 Å². The van der Waals surface area contributed by atoms with Gasteiger partial charge in [-0.05, 0) is 60.8 Å². The van der Waals surface area contributed by atoms with Crippen LogP contribution in [-0.2, 0) is 10.2 Å². The third-order valence-electron chi connectivity index (χ3n) is 5.97. The van der Waals surface area contributed by atoms with Crippen molar-refractivity contribution in [3.8, 4) is 5.75 Å². The van der Waals surface area contributed by atoms with E-state index in [1.54, 1.807) is 13.0 Å². The van der Waals surface area contributed by atoms with Crippen LogP contribution in [0, 0.1) is 5.92 Å². The van der Waals surface area contributed by atoms with Gasteiger partial charge in [0.1, 0.15) is 5.75 Å². The minimum absolute atomic E-state index is 0.0546. The van der Waals surface area contributed by atoms with Gasteiger partial charge in [0.25, 0.3) is 11.8 Å². The van der Waals surface area contributed by atoms with Gasteiger partial charge in [-0.3, -0.25) is 9.59 Å². The summed E-state index contributed by atoms with van der Waals surface area (Å²) in [5.41, 5.74) is 3.44. The molecule has 1 fully saturated rings. The molecule has 142 valence electrons. The minimum atomic E-state index is -0.389. The van der Waals surface area contributed by atoms with E-state index in [-0.39, 0.29) is 29.7 Å². The zero-order valence-corrected chi connectivity index (χ0v) is 17.2. The Hall–Kier alpha value is -1.95. The Morgan fingerprint density at radius 3 is 2.78 bits per heavy atom. The molecule has 5 nitrogen and oxygen atoms in total. The molecule has 1 saturated carbocycles. The summed E-state index contributed by atoms with van der Waals surface area (Å²) in [6, 6.07) is 3.78. The highest BCUT2D eigenvalue weighted by molar-refractivity contribution is 9.10. The van der Waals surface area contributed by atoms with Crippen molar-refractivity contribution in [1.29, 1.82) is 0 Å². The van der Waals surface area contributed by atoms with Crippen molar-refractivity contribution in [3.05, 3.63) is 39.4 Å². The molecule has 1 aromatic carbocycles. The summed E-state index contributed by atoms with van der Waals surface area (Å²) in [6.45, 7) is 4.66. The Morgan fingerprint density at radius 2 is 2.07 bits per heavy atom. The van der Waals surface area contributed by atoms with Gasteiger partial charge < -0.3 is 10.1 Å². The van der Waals surface area contributed by atoms with E-state index in [0.717, 1.165) is 34.2 Å². The van der Waals surface area contributed by atoms with Crippen molar-refractivity contribution in [1.82, 2.24) is 5.32 Å². The van der Waals surface area contributed by atoms with Gasteiger partial charge >= 0.3 is 0 Å². The number of dihydropyridines is 1. The molecule has 1 unspecified atom stereocenters. The molecule has 1 aliphatic carbocycles. The van der Waals surface area contributed by atoms with Crippen LogP contribution < -0.4 is 10.1 Å². The standard InChI is InChI=1S/C21H23BrN2O3/c1-12-7-13(2)24-20(26)15(12)10-23-19(25)14-8-16-18(17(22)9-14)27-11-21(16)5-3-4-6-21/h7-9,15H,3-6,10-11H2,1-2H3,(H,23,25). The molecule has 2 aliphatic heterocycles. The number of rotatable bonds is 3. The first-order chi connectivity index (χ1) is 12.9. The van der Waals surface area contributed by atoms with Crippen molar-refractivity contribution in [2.75, 3.05) is 13.2 Å². The lowest BCUT2D eigenvalue weighted by molar-refractivity contribution is -0.120. The maximum Gasteiger partial charge on any atom is 0.254 e. The SMILES string of the molecule is CC1=CC(C)=NC(=O)C1CNC(=O)c1cc(Br)c2c(c1)C1(CCCC1)CO2. The van der Waals surface area contributed by atoms with Gasteiger partial charge in [0.2, 0.25) is 0 Å². The number of halogens is 1. The molecule has 27 heavy (non-hydrogen) atoms. The monoisotopic (exact) mass is 430 g/mol. The highest BCUT2D eigenvalue weighted by Gasteiger charge is 2.44. The molecule has 0 aromatic heterocycles. The average molecular weight is 431 g/mol. The van der Waals surface area contributed by atoms with E-state index in [4.69, 9.17) is 4.74 Å². The Labute approximate surface area is 167 Å². The Morgan fingerprint density at radius 1 is 1.33 bits per heavy atom. The second-order valence-corrected chi connectivity index (χ2v) is 8.71. The van der Waals surface area contributed by atoms with E-state index in [9.17, 15) is 9.59 Å². The Kier molecular flexibility index (Phi) is 4.70. The summed E-state index contributed by atoms with van der Waals surface area (Å²) in [6.07, 6.45) is 6.51. The van der Waals surface area contributed by atoms with E-state index < -0.39 is 0 Å². The van der Waals surface area contributed by atoms with Gasteiger partial charge in [-0.1, -0.05) is 18.4 Å². The smallest absolute Gasteiger partial charge is 0.254 e. The average Bonchev–Trinajstić information content (AvgIpc) is 3.23. The van der Waals surface area contributed by atoms with E-state index in [1.807, 2.05) is 19.1 Å². The number of hydrogen-bond donors (Lipinski definition) is 1. The van der Waals surface area contributed by atoms with Gasteiger partial charge in [-0.15, -0.1) is 0 Å². The molecule has 1 spiro atoms. The molecule has 1 atom stereocenters. The van der Waals surface area contributed by atoms with Gasteiger partial charge in [-0.25, -0.2) is 4.99 Å². The first-order valence-corrected chi connectivity index (χ1v) is 10.2. The van der Waals surface area contributed by atoms with Crippen LogP contribution in [0.4, 0.5) is 0 Å². The lowest BCUT2D eigenvalue weighted by Gasteiger charge is -2.22. The molecule has 4 rings (SSSR count). The molecule has 3 aliphatic rings. The number of nitrogens with zero attached hydrogens (tertiary/aromatic N) is 1. The quantitative estimate of drug-likeness (QED) is 0.788. The first kappa shape index (κ1) is 18.4. The highest BCUT2D eigenvalue weighted by Crippen LogP contribution is 2.51. The summed E-state index contributed by atoms with van der Waals surface area (Å²) in [4.78, 5) is 28.9. The summed E-state index contributed by atoms with van der Waals surface area (Å²) >= 11 is 3.56. The van der Waals surface area contributed by atoms with Crippen LogP contribution in [0.5, 0.6) is 5.75 Å². The topological polar surface area (TPSA) is 67.8 Å². The third-order valence-corrected chi connectivity index (χ3v) is 6.56. The number of benzene rings is 1. The van der Waals surface area contributed by atoms with Crippen LogP contribution in [0.25, 0.3) is 0 Å². The highest BCUT2D eigenvalue weighted by atomic mass is 79.9. The van der Waals surface area contributed by atoms with E-state index in [0.29, 0.717) is 17.9 Å². The van der Waals surface area contributed by atoms with Gasteiger partial charge in [0, 0.05) is 28.8 Å². The maximum absolute atomic E-state index is 12.8. The number of carbonyl (C=O) groups excluding carboxylic acids is 2. The van der Waals surface area contributed by atoms with Crippen LogP contribution in [0.1, 0.15) is 55.5 Å². The number of aliphatic imine (C=N–C) groups is 1. The molecule has 2 amide bonds. The van der Waals surface area contributed by atoms with Crippen LogP contribution >= 0.6 is 15.9 Å². The predicted molar refractivity (Wildman–Crippen MR) is 107 cm³/mol. The summed E-state index contributed by atoms with van der Waals surface area (Å²) in [5.74, 6) is 0.117. The van der Waals surface area contributed by atoms with E-state index >= 15 is 0 Å². The van der Waals surface area contributed by atoms with Crippen molar-refractivity contribution in [2.24, 2.45) is 10.9 Å². The first-order valence-electron chi connectivity index (χ1n) is 9.42. The fourth-order valence-electron chi connectivity index (χ4n) is 4.47. The third kappa shape index (κ3) is 3.24. The number of fused-ring (bicyclic) bond motifs is 2. The minimum Gasteiger partial charge on any atom is -0.491 e. The van der Waals surface area contributed by atoms with Crippen LogP contribution in [0.15, 0.2) is 33.2 Å². The lowest BCUT2D eigenvalue weighted by atomic mass is 9.80. The lowest BCUT2D eigenvalue weighted by Crippen LogP contribution is -2.34. The number of carbonyl (C=O) groups is 2. The summed E-state index contributed by atoms with van der Waals surface area (Å²) in [5, 5.41) is 2.91. The van der Waals surface area contributed by atoms with Crippen LogP contribution in [-0.4, -0.2) is 30.7 Å². The number of hydrogen-bond acceptors (Lipinski definition) is 3. The summed E-state index contributed by atoms with van der Waals surface area (Å²) < 4.78 is 6.77. The molecular formula is C21H23BrN2O3.